The Labute approximate surface area is 222 Å². The van der Waals surface area contributed by atoms with E-state index in [0.717, 1.165) is 47.1 Å². The molecule has 192 valence electrons. The van der Waals surface area contributed by atoms with Crippen LogP contribution in [0.1, 0.15) is 60.5 Å². The number of ether oxygens (including phenoxy) is 3. The highest BCUT2D eigenvalue weighted by atomic mass is 16.5. The number of hydrogen-bond donors (Lipinski definition) is 1. The summed E-state index contributed by atoms with van der Waals surface area (Å²) < 4.78 is 17.6. The minimum atomic E-state index is -0.881. The van der Waals surface area contributed by atoms with Crippen molar-refractivity contribution in [3.05, 3.63) is 77.0 Å². The van der Waals surface area contributed by atoms with Crippen LogP contribution in [-0.2, 0) is 16.0 Å². The first-order valence-electron chi connectivity index (χ1n) is 12.7. The van der Waals surface area contributed by atoms with Crippen molar-refractivity contribution in [1.29, 1.82) is 5.26 Å². The average molecular weight is 509 g/mol. The van der Waals surface area contributed by atoms with Crippen molar-refractivity contribution in [2.75, 3.05) is 13.2 Å². The first kappa shape index (κ1) is 25.3. The van der Waals surface area contributed by atoms with Crippen LogP contribution in [0.5, 0.6) is 11.6 Å². The molecule has 2 unspecified atom stereocenters. The first-order valence-corrected chi connectivity index (χ1v) is 12.7. The van der Waals surface area contributed by atoms with Crippen molar-refractivity contribution >= 4 is 5.97 Å². The molecule has 7 heteroatoms. The summed E-state index contributed by atoms with van der Waals surface area (Å²) in [6, 6.07) is 17.4. The predicted molar refractivity (Wildman–Crippen MR) is 141 cm³/mol. The van der Waals surface area contributed by atoms with Crippen LogP contribution in [0.3, 0.4) is 0 Å². The number of nitriles is 1. The maximum atomic E-state index is 11.2. The van der Waals surface area contributed by atoms with Crippen molar-refractivity contribution in [3.8, 4) is 40.7 Å². The van der Waals surface area contributed by atoms with Crippen LogP contribution in [0.25, 0.3) is 11.1 Å². The van der Waals surface area contributed by atoms with Gasteiger partial charge in [-0.25, -0.2) is 4.98 Å². The number of carboxylic acids is 1. The molecule has 1 saturated heterocycles. The highest BCUT2D eigenvalue weighted by Crippen LogP contribution is 2.42. The first-order chi connectivity index (χ1) is 18.6. The molecule has 2 aromatic carbocycles. The zero-order valence-electron chi connectivity index (χ0n) is 21.1. The van der Waals surface area contributed by atoms with Gasteiger partial charge in [-0.1, -0.05) is 24.1 Å². The minimum Gasteiger partial charge on any atom is -0.486 e. The van der Waals surface area contributed by atoms with E-state index in [1.165, 1.54) is 0 Å². The zero-order valence-corrected chi connectivity index (χ0v) is 21.1. The Balaban J connectivity index is 1.35. The maximum Gasteiger partial charge on any atom is 0.304 e. The van der Waals surface area contributed by atoms with E-state index in [9.17, 15) is 15.2 Å². The fourth-order valence-corrected chi connectivity index (χ4v) is 5.13. The number of aliphatic carboxylic acids is 1. The molecule has 1 aliphatic heterocycles. The Hall–Kier alpha value is -4.33. The number of nitrogens with zero attached hydrogens (tertiary/aromatic N) is 2. The Morgan fingerprint density at radius 1 is 1.16 bits per heavy atom. The second kappa shape index (κ2) is 11.4. The van der Waals surface area contributed by atoms with Gasteiger partial charge in [-0.15, -0.1) is 5.92 Å². The summed E-state index contributed by atoms with van der Waals surface area (Å²) in [5.41, 5.74) is 5.39. The van der Waals surface area contributed by atoms with E-state index in [-0.39, 0.29) is 24.5 Å². The van der Waals surface area contributed by atoms with Gasteiger partial charge in [0.05, 0.1) is 37.2 Å². The van der Waals surface area contributed by atoms with Gasteiger partial charge in [-0.3, -0.25) is 4.79 Å². The third kappa shape index (κ3) is 5.49. The monoisotopic (exact) mass is 508 g/mol. The van der Waals surface area contributed by atoms with Gasteiger partial charge in [0.15, 0.2) is 0 Å². The van der Waals surface area contributed by atoms with Gasteiger partial charge in [-0.2, -0.15) is 5.26 Å². The molecule has 1 fully saturated rings. The van der Waals surface area contributed by atoms with Crippen molar-refractivity contribution in [2.45, 2.75) is 50.7 Å². The van der Waals surface area contributed by atoms with Gasteiger partial charge in [0.2, 0.25) is 5.88 Å². The number of hydrogen-bond acceptors (Lipinski definition) is 6. The Morgan fingerprint density at radius 2 is 2.00 bits per heavy atom. The molecule has 1 aliphatic carbocycles. The summed E-state index contributed by atoms with van der Waals surface area (Å²) in [6.45, 7) is 2.99. The third-order valence-corrected chi connectivity index (χ3v) is 6.93. The summed E-state index contributed by atoms with van der Waals surface area (Å²) in [5.74, 6) is 5.81. The van der Waals surface area contributed by atoms with Crippen LogP contribution >= 0.6 is 0 Å². The molecular weight excluding hydrogens is 480 g/mol. The molecule has 0 radical (unpaired) electrons. The van der Waals surface area contributed by atoms with E-state index < -0.39 is 5.97 Å². The molecular formula is C31H28N2O5. The fourth-order valence-electron chi connectivity index (χ4n) is 5.13. The number of benzene rings is 2. The predicted octanol–water partition coefficient (Wildman–Crippen LogP) is 5.44. The summed E-state index contributed by atoms with van der Waals surface area (Å²) >= 11 is 0. The Morgan fingerprint density at radius 3 is 2.66 bits per heavy atom. The molecule has 1 aromatic heterocycles. The van der Waals surface area contributed by atoms with Gasteiger partial charge >= 0.3 is 5.97 Å². The molecule has 38 heavy (non-hydrogen) atoms. The number of carbonyl (C=O) groups is 1. The molecule has 0 spiro atoms. The van der Waals surface area contributed by atoms with E-state index in [4.69, 9.17) is 14.2 Å². The van der Waals surface area contributed by atoms with Crippen molar-refractivity contribution < 1.29 is 24.1 Å². The average Bonchev–Trinajstić information content (AvgIpc) is 3.59. The number of carboxylic acid groups (broad SMARTS) is 1. The van der Waals surface area contributed by atoms with Crippen LogP contribution < -0.4 is 9.47 Å². The summed E-state index contributed by atoms with van der Waals surface area (Å²) in [6.07, 6.45) is 4.03. The molecule has 0 bridgehead atoms. The summed E-state index contributed by atoms with van der Waals surface area (Å²) in [4.78, 5) is 15.7. The molecule has 0 amide bonds. The van der Waals surface area contributed by atoms with Crippen LogP contribution in [0.15, 0.2) is 54.7 Å². The Kier molecular flexibility index (Phi) is 7.58. The number of fused-ring (bicyclic) bond motifs is 1. The smallest absolute Gasteiger partial charge is 0.304 e. The van der Waals surface area contributed by atoms with Crippen LogP contribution in [-0.4, -0.2) is 35.4 Å². The van der Waals surface area contributed by atoms with Gasteiger partial charge in [0.1, 0.15) is 18.0 Å². The SMILES string of the molecule is CC#CC(CC(=O)O)c1ccc(O[C@@H]2CCc3c2ccc(C#N)c3-c2ccc(OC3CCOC3)nc2)cc1. The summed E-state index contributed by atoms with van der Waals surface area (Å²) in [7, 11) is 0. The van der Waals surface area contributed by atoms with Crippen LogP contribution in [0.2, 0.25) is 0 Å². The van der Waals surface area contributed by atoms with Gasteiger partial charge in [-0.05, 0) is 60.7 Å². The molecule has 3 atom stereocenters. The van der Waals surface area contributed by atoms with Crippen molar-refractivity contribution in [3.63, 3.8) is 0 Å². The van der Waals surface area contributed by atoms with E-state index in [1.54, 1.807) is 13.1 Å². The van der Waals surface area contributed by atoms with Crippen LogP contribution in [0, 0.1) is 23.2 Å². The largest absolute Gasteiger partial charge is 0.486 e. The lowest BCUT2D eigenvalue weighted by Gasteiger charge is -2.17. The summed E-state index contributed by atoms with van der Waals surface area (Å²) in [5, 5.41) is 19.0. The molecule has 0 saturated carbocycles. The van der Waals surface area contributed by atoms with E-state index in [2.05, 4.69) is 22.9 Å². The number of rotatable bonds is 8. The molecule has 1 N–H and O–H groups in total. The molecule has 3 aromatic rings. The third-order valence-electron chi connectivity index (χ3n) is 6.93. The topological polar surface area (TPSA) is 102 Å². The van der Waals surface area contributed by atoms with Gasteiger partial charge < -0.3 is 19.3 Å². The second-order valence-corrected chi connectivity index (χ2v) is 9.42. The lowest BCUT2D eigenvalue weighted by atomic mass is 9.93. The lowest BCUT2D eigenvalue weighted by molar-refractivity contribution is -0.137. The van der Waals surface area contributed by atoms with Gasteiger partial charge in [0.25, 0.3) is 0 Å². The lowest BCUT2D eigenvalue weighted by Crippen LogP contribution is -2.16. The van der Waals surface area contributed by atoms with Crippen molar-refractivity contribution in [1.82, 2.24) is 4.98 Å². The quantitative estimate of drug-likeness (QED) is 0.405. The maximum absolute atomic E-state index is 11.2. The second-order valence-electron chi connectivity index (χ2n) is 9.42. The molecule has 7 nitrogen and oxygen atoms in total. The van der Waals surface area contributed by atoms with E-state index >= 15 is 0 Å². The minimum absolute atomic E-state index is 0.0265. The molecule has 2 heterocycles. The fraction of sp³-hybridized carbons (Fsp3) is 0.323. The highest BCUT2D eigenvalue weighted by Gasteiger charge is 2.29. The van der Waals surface area contributed by atoms with Crippen LogP contribution in [0.4, 0.5) is 0 Å². The Bertz CT molecular complexity index is 1410. The van der Waals surface area contributed by atoms with E-state index in [0.29, 0.717) is 30.4 Å². The highest BCUT2D eigenvalue weighted by molar-refractivity contribution is 5.76. The molecule has 2 aliphatic rings. The zero-order chi connectivity index (χ0) is 26.5. The number of pyridine rings is 1. The van der Waals surface area contributed by atoms with Crippen molar-refractivity contribution in [2.24, 2.45) is 0 Å². The van der Waals surface area contributed by atoms with Gasteiger partial charge in [0, 0.05) is 29.8 Å². The van der Waals surface area contributed by atoms with E-state index in [1.807, 2.05) is 48.5 Å². The molecule has 5 rings (SSSR count). The standard InChI is InChI=1S/C31H28N2O5/c1-2-3-21(16-30(34)35)20-4-8-24(9-5-20)37-28-12-11-27-26(28)10-6-22(17-32)31(27)23-7-13-29(33-18-23)38-25-14-15-36-19-25/h4-10,13,18,21,25,28H,11-12,14-16,19H2,1H3,(H,34,35)/t21?,25?,28-/m1/s1. The number of aromatic nitrogens is 1. The normalized spacial score (nSPS) is 18.5.